The van der Waals surface area contributed by atoms with Crippen LogP contribution in [-0.2, 0) is 0 Å². The van der Waals surface area contributed by atoms with Crippen molar-refractivity contribution < 1.29 is 4.79 Å². The van der Waals surface area contributed by atoms with Crippen LogP contribution in [-0.4, -0.2) is 27.1 Å². The molecule has 0 saturated carbocycles. The van der Waals surface area contributed by atoms with Crippen molar-refractivity contribution in [3.8, 4) is 0 Å². The average Bonchev–Trinajstić information content (AvgIpc) is 2.48. The second-order valence-corrected chi connectivity index (χ2v) is 5.45. The molecule has 0 aliphatic heterocycles. The Hall–Kier alpha value is -2.20. The van der Waals surface area contributed by atoms with Crippen LogP contribution in [0.1, 0.15) is 10.4 Å². The van der Waals surface area contributed by atoms with Crippen molar-refractivity contribution in [2.75, 3.05) is 36.7 Å². The number of carbonyl (C=O) groups excluding carboxylic acids is 1. The Morgan fingerprint density at radius 3 is 2.48 bits per heavy atom. The lowest BCUT2D eigenvalue weighted by molar-refractivity contribution is 0.0993. The van der Waals surface area contributed by atoms with Gasteiger partial charge in [-0.3, -0.25) is 4.79 Å². The maximum Gasteiger partial charge on any atom is 0.258 e. The molecule has 0 radical (unpaired) electrons. The van der Waals surface area contributed by atoms with Gasteiger partial charge in [0.15, 0.2) is 0 Å². The van der Waals surface area contributed by atoms with E-state index in [9.17, 15) is 4.79 Å². The summed E-state index contributed by atoms with van der Waals surface area (Å²) in [4.78, 5) is 16.1. The summed E-state index contributed by atoms with van der Waals surface area (Å²) in [6.07, 6.45) is 0. The fraction of sp³-hybridized carbons (Fsp3) is 0.188. The molecule has 2 aromatic rings. The molecule has 5 heteroatoms. The summed E-state index contributed by atoms with van der Waals surface area (Å²) in [5.41, 5.74) is 8.60. The zero-order valence-corrected chi connectivity index (χ0v) is 13.1. The number of nitrogens with two attached hydrogens (primary N) is 1. The van der Waals surface area contributed by atoms with E-state index in [0.29, 0.717) is 22.0 Å². The van der Waals surface area contributed by atoms with Crippen molar-refractivity contribution in [1.82, 2.24) is 0 Å². The van der Waals surface area contributed by atoms with Gasteiger partial charge in [-0.05, 0) is 36.4 Å². The molecule has 21 heavy (non-hydrogen) atoms. The highest BCUT2D eigenvalue weighted by molar-refractivity contribution is 6.31. The normalized spacial score (nSPS) is 10.3. The third-order valence-corrected chi connectivity index (χ3v) is 3.50. The van der Waals surface area contributed by atoms with Crippen LogP contribution in [0.5, 0.6) is 0 Å². The number of halogens is 1. The van der Waals surface area contributed by atoms with Gasteiger partial charge >= 0.3 is 0 Å². The van der Waals surface area contributed by atoms with E-state index in [1.807, 2.05) is 37.2 Å². The number of nitrogens with zero attached hydrogens (tertiary/aromatic N) is 2. The maximum atomic E-state index is 12.6. The Morgan fingerprint density at radius 1 is 1.10 bits per heavy atom. The van der Waals surface area contributed by atoms with Gasteiger partial charge in [0.25, 0.3) is 5.91 Å². The maximum absolute atomic E-state index is 12.6. The highest BCUT2D eigenvalue weighted by Gasteiger charge is 2.16. The van der Waals surface area contributed by atoms with Crippen LogP contribution >= 0.6 is 11.6 Å². The first kappa shape index (κ1) is 15.2. The van der Waals surface area contributed by atoms with Gasteiger partial charge in [0, 0.05) is 37.4 Å². The number of rotatable bonds is 3. The van der Waals surface area contributed by atoms with Crippen molar-refractivity contribution >= 4 is 34.6 Å². The number of carbonyl (C=O) groups is 1. The third kappa shape index (κ3) is 3.28. The predicted molar refractivity (Wildman–Crippen MR) is 89.4 cm³/mol. The molecule has 1 amide bonds. The quantitative estimate of drug-likeness (QED) is 0.885. The Morgan fingerprint density at radius 2 is 1.81 bits per heavy atom. The van der Waals surface area contributed by atoms with Gasteiger partial charge in [0.1, 0.15) is 0 Å². The van der Waals surface area contributed by atoms with E-state index < -0.39 is 0 Å². The monoisotopic (exact) mass is 303 g/mol. The van der Waals surface area contributed by atoms with E-state index in [1.165, 1.54) is 4.90 Å². The molecule has 0 atom stereocenters. The van der Waals surface area contributed by atoms with Crippen LogP contribution in [0, 0.1) is 0 Å². The van der Waals surface area contributed by atoms with E-state index in [1.54, 1.807) is 31.3 Å². The number of hydrogen-bond donors (Lipinski definition) is 1. The molecular weight excluding hydrogens is 286 g/mol. The first-order chi connectivity index (χ1) is 9.90. The number of hydrogen-bond acceptors (Lipinski definition) is 3. The number of anilines is 3. The van der Waals surface area contributed by atoms with Crippen LogP contribution in [0.25, 0.3) is 0 Å². The minimum atomic E-state index is -0.132. The summed E-state index contributed by atoms with van der Waals surface area (Å²) in [5, 5.41) is 0.542. The Kier molecular flexibility index (Phi) is 4.38. The molecule has 0 bridgehead atoms. The van der Waals surface area contributed by atoms with E-state index >= 15 is 0 Å². The SMILES string of the molecule is CN(C)c1cccc(C(=O)N(C)c2cc(Cl)ccc2N)c1. The molecule has 2 aromatic carbocycles. The van der Waals surface area contributed by atoms with E-state index in [2.05, 4.69) is 0 Å². The molecule has 0 fully saturated rings. The summed E-state index contributed by atoms with van der Waals surface area (Å²) in [7, 11) is 5.55. The van der Waals surface area contributed by atoms with Crippen LogP contribution in [0.4, 0.5) is 17.1 Å². The van der Waals surface area contributed by atoms with Crippen LogP contribution in [0.2, 0.25) is 5.02 Å². The Labute approximate surface area is 129 Å². The fourth-order valence-corrected chi connectivity index (χ4v) is 2.19. The standard InChI is InChI=1S/C16H18ClN3O/c1-19(2)13-6-4-5-11(9-13)16(21)20(3)15-10-12(17)7-8-14(15)18/h4-10H,18H2,1-3H3. The molecule has 0 saturated heterocycles. The highest BCUT2D eigenvalue weighted by Crippen LogP contribution is 2.27. The molecule has 0 heterocycles. The molecular formula is C16H18ClN3O. The zero-order valence-electron chi connectivity index (χ0n) is 12.3. The lowest BCUT2D eigenvalue weighted by atomic mass is 10.1. The van der Waals surface area contributed by atoms with Gasteiger partial charge in [-0.15, -0.1) is 0 Å². The molecule has 0 unspecified atom stereocenters. The van der Waals surface area contributed by atoms with Crippen molar-refractivity contribution in [2.45, 2.75) is 0 Å². The summed E-state index contributed by atoms with van der Waals surface area (Å²) >= 11 is 5.98. The average molecular weight is 304 g/mol. The van der Waals surface area contributed by atoms with Crippen LogP contribution in [0.3, 0.4) is 0 Å². The lowest BCUT2D eigenvalue weighted by Gasteiger charge is -2.20. The van der Waals surface area contributed by atoms with E-state index in [0.717, 1.165) is 5.69 Å². The second kappa shape index (κ2) is 6.06. The van der Waals surface area contributed by atoms with Gasteiger partial charge < -0.3 is 15.5 Å². The molecule has 0 aromatic heterocycles. The molecule has 0 aliphatic rings. The van der Waals surface area contributed by atoms with Crippen molar-refractivity contribution in [1.29, 1.82) is 0 Å². The summed E-state index contributed by atoms with van der Waals surface area (Å²) < 4.78 is 0. The minimum Gasteiger partial charge on any atom is -0.397 e. The number of nitrogen functional groups attached to an aromatic ring is 1. The number of amides is 1. The summed E-state index contributed by atoms with van der Waals surface area (Å²) in [6.45, 7) is 0. The molecule has 110 valence electrons. The first-order valence-electron chi connectivity index (χ1n) is 6.50. The van der Waals surface area contributed by atoms with Gasteiger partial charge in [0.2, 0.25) is 0 Å². The topological polar surface area (TPSA) is 49.6 Å². The van der Waals surface area contributed by atoms with Gasteiger partial charge in [0.05, 0.1) is 11.4 Å². The van der Waals surface area contributed by atoms with Crippen LogP contribution in [0.15, 0.2) is 42.5 Å². The largest absolute Gasteiger partial charge is 0.397 e. The number of benzene rings is 2. The van der Waals surface area contributed by atoms with Crippen molar-refractivity contribution in [3.05, 3.63) is 53.1 Å². The summed E-state index contributed by atoms with van der Waals surface area (Å²) in [6, 6.07) is 12.5. The predicted octanol–water partition coefficient (Wildman–Crippen LogP) is 3.26. The molecule has 2 N–H and O–H groups in total. The minimum absolute atomic E-state index is 0.132. The summed E-state index contributed by atoms with van der Waals surface area (Å²) in [5.74, 6) is -0.132. The van der Waals surface area contributed by atoms with Gasteiger partial charge in [-0.25, -0.2) is 0 Å². The zero-order chi connectivity index (χ0) is 15.6. The molecule has 0 spiro atoms. The molecule has 4 nitrogen and oxygen atoms in total. The molecule has 0 aliphatic carbocycles. The highest BCUT2D eigenvalue weighted by atomic mass is 35.5. The fourth-order valence-electron chi connectivity index (χ4n) is 2.03. The smallest absolute Gasteiger partial charge is 0.258 e. The Bertz CT molecular complexity index is 670. The van der Waals surface area contributed by atoms with Gasteiger partial charge in [-0.1, -0.05) is 17.7 Å². The van der Waals surface area contributed by atoms with Crippen molar-refractivity contribution in [3.63, 3.8) is 0 Å². The third-order valence-electron chi connectivity index (χ3n) is 3.27. The van der Waals surface area contributed by atoms with E-state index in [-0.39, 0.29) is 5.91 Å². The van der Waals surface area contributed by atoms with Crippen LogP contribution < -0.4 is 15.5 Å². The lowest BCUT2D eigenvalue weighted by Crippen LogP contribution is -2.27. The van der Waals surface area contributed by atoms with Crippen molar-refractivity contribution in [2.24, 2.45) is 0 Å². The van der Waals surface area contributed by atoms with Gasteiger partial charge in [-0.2, -0.15) is 0 Å². The molecule has 2 rings (SSSR count). The Balaban J connectivity index is 2.35. The second-order valence-electron chi connectivity index (χ2n) is 5.01. The van der Waals surface area contributed by atoms with E-state index in [4.69, 9.17) is 17.3 Å². The first-order valence-corrected chi connectivity index (χ1v) is 6.88.